The van der Waals surface area contributed by atoms with Crippen molar-refractivity contribution in [3.05, 3.63) is 53.6 Å². The van der Waals surface area contributed by atoms with Gasteiger partial charge in [0.05, 0.1) is 17.1 Å². The van der Waals surface area contributed by atoms with E-state index in [-0.39, 0.29) is 33.6 Å². The smallest absolute Gasteiger partial charge is 0.360 e. The number of benzene rings is 1. The minimum absolute atomic E-state index is 0.00798. The zero-order chi connectivity index (χ0) is 24.7. The normalized spacial score (nSPS) is 14.7. The average molecular weight is 504 g/mol. The second-order valence-corrected chi connectivity index (χ2v) is 8.43. The first-order chi connectivity index (χ1) is 16.7. The molecule has 0 spiro atoms. The van der Waals surface area contributed by atoms with Gasteiger partial charge in [-0.3, -0.25) is 4.79 Å². The van der Waals surface area contributed by atoms with E-state index in [0.717, 1.165) is 25.2 Å². The fraction of sp³-hybridized carbons (Fsp3) is 0.286. The molecule has 3 aromatic heterocycles. The molecule has 1 saturated carbocycles. The molecule has 1 aromatic carbocycles. The molecule has 35 heavy (non-hydrogen) atoms. The SMILES string of the molecule is C[C@H](Nc1ncnc2c(C(F)(F)F)cc(Cl)cc12)c1ncnn1-c1cc(NC(=O)C2CC2)ncn1. The van der Waals surface area contributed by atoms with E-state index >= 15 is 0 Å². The lowest BCUT2D eigenvalue weighted by atomic mass is 10.1. The molecule has 0 saturated heterocycles. The van der Waals surface area contributed by atoms with Gasteiger partial charge in [0.2, 0.25) is 5.91 Å². The molecule has 1 aliphatic rings. The summed E-state index contributed by atoms with van der Waals surface area (Å²) in [4.78, 5) is 32.5. The van der Waals surface area contributed by atoms with Gasteiger partial charge in [-0.1, -0.05) is 11.6 Å². The number of carbonyl (C=O) groups excluding carboxylic acids is 1. The van der Waals surface area contributed by atoms with Gasteiger partial charge in [-0.15, -0.1) is 0 Å². The molecule has 4 aromatic rings. The van der Waals surface area contributed by atoms with Crippen LogP contribution in [0.5, 0.6) is 0 Å². The van der Waals surface area contributed by atoms with Crippen molar-refractivity contribution in [3.8, 4) is 5.82 Å². The lowest BCUT2D eigenvalue weighted by molar-refractivity contribution is -0.136. The number of rotatable bonds is 6. The molecule has 1 aliphatic carbocycles. The van der Waals surface area contributed by atoms with Crippen LogP contribution in [0.1, 0.15) is 37.2 Å². The molecule has 0 unspecified atom stereocenters. The van der Waals surface area contributed by atoms with E-state index in [9.17, 15) is 18.0 Å². The summed E-state index contributed by atoms with van der Waals surface area (Å²) >= 11 is 5.96. The van der Waals surface area contributed by atoms with Crippen molar-refractivity contribution in [2.75, 3.05) is 10.6 Å². The predicted molar refractivity (Wildman–Crippen MR) is 120 cm³/mol. The van der Waals surface area contributed by atoms with E-state index in [1.165, 1.54) is 23.4 Å². The van der Waals surface area contributed by atoms with Crippen LogP contribution >= 0.6 is 11.6 Å². The standard InChI is InChI=1S/C21H17ClF3N9O/c1-10(32-18-13-4-12(22)5-14(21(23,24)25)17(13)28-8-29-18)19-30-9-31-34(19)16-6-15(26-7-27-16)33-20(35)11-2-3-11/h4-11H,2-3H2,1H3,(H,28,29,32)(H,26,27,33,35)/t10-/m0/s1. The molecule has 1 amide bonds. The van der Waals surface area contributed by atoms with Crippen molar-refractivity contribution in [1.82, 2.24) is 34.7 Å². The van der Waals surface area contributed by atoms with E-state index in [4.69, 9.17) is 11.6 Å². The number of nitrogens with one attached hydrogen (secondary N) is 2. The number of hydrogen-bond donors (Lipinski definition) is 2. The highest BCUT2D eigenvalue weighted by molar-refractivity contribution is 6.31. The van der Waals surface area contributed by atoms with E-state index < -0.39 is 17.8 Å². The Hall–Kier alpha value is -3.87. The average Bonchev–Trinajstić information content (AvgIpc) is 3.55. The second-order valence-electron chi connectivity index (χ2n) is 7.99. The van der Waals surface area contributed by atoms with Crippen LogP contribution in [-0.4, -0.2) is 40.6 Å². The minimum atomic E-state index is -4.64. The summed E-state index contributed by atoms with van der Waals surface area (Å²) in [7, 11) is 0. The van der Waals surface area contributed by atoms with Crippen LogP contribution < -0.4 is 10.6 Å². The summed E-state index contributed by atoms with van der Waals surface area (Å²) < 4.78 is 42.0. The summed E-state index contributed by atoms with van der Waals surface area (Å²) in [5.74, 6) is 1.12. The first-order valence-electron chi connectivity index (χ1n) is 10.5. The van der Waals surface area contributed by atoms with Crippen molar-refractivity contribution in [2.24, 2.45) is 5.92 Å². The number of aromatic nitrogens is 7. The topological polar surface area (TPSA) is 123 Å². The van der Waals surface area contributed by atoms with Gasteiger partial charge < -0.3 is 10.6 Å². The maximum absolute atomic E-state index is 13.5. The molecule has 14 heteroatoms. The van der Waals surface area contributed by atoms with Gasteiger partial charge in [0.1, 0.15) is 30.6 Å². The first-order valence-corrected chi connectivity index (χ1v) is 10.9. The minimum Gasteiger partial charge on any atom is -0.360 e. The van der Waals surface area contributed by atoms with Gasteiger partial charge in [-0.05, 0) is 31.9 Å². The number of hydrogen-bond acceptors (Lipinski definition) is 8. The summed E-state index contributed by atoms with van der Waals surface area (Å²) in [5, 5.41) is 10.0. The molecule has 0 bridgehead atoms. The maximum Gasteiger partial charge on any atom is 0.418 e. The van der Waals surface area contributed by atoms with E-state index in [1.54, 1.807) is 13.0 Å². The number of halogens is 4. The third-order valence-electron chi connectivity index (χ3n) is 5.39. The van der Waals surface area contributed by atoms with Gasteiger partial charge in [0, 0.05) is 22.4 Å². The lowest BCUT2D eigenvalue weighted by Gasteiger charge is -2.17. The molecule has 3 heterocycles. The highest BCUT2D eigenvalue weighted by atomic mass is 35.5. The van der Waals surface area contributed by atoms with Crippen LogP contribution in [-0.2, 0) is 11.0 Å². The highest BCUT2D eigenvalue weighted by Gasteiger charge is 2.34. The van der Waals surface area contributed by atoms with Gasteiger partial charge >= 0.3 is 6.18 Å². The molecular formula is C21H17ClF3N9O. The van der Waals surface area contributed by atoms with E-state index in [1.807, 2.05) is 0 Å². The third-order valence-corrected chi connectivity index (χ3v) is 5.61. The molecule has 0 radical (unpaired) electrons. The first kappa shape index (κ1) is 22.9. The van der Waals surface area contributed by atoms with Crippen molar-refractivity contribution in [1.29, 1.82) is 0 Å². The van der Waals surface area contributed by atoms with Crippen molar-refractivity contribution < 1.29 is 18.0 Å². The molecule has 10 nitrogen and oxygen atoms in total. The quantitative estimate of drug-likeness (QED) is 0.401. The molecule has 1 fully saturated rings. The van der Waals surface area contributed by atoms with Gasteiger partial charge in [-0.25, -0.2) is 24.9 Å². The van der Waals surface area contributed by atoms with Crippen LogP contribution in [0.4, 0.5) is 24.8 Å². The molecule has 1 atom stereocenters. The lowest BCUT2D eigenvalue weighted by Crippen LogP contribution is -2.17. The summed E-state index contributed by atoms with van der Waals surface area (Å²) in [6.07, 6.45) is 0.723. The van der Waals surface area contributed by atoms with Gasteiger partial charge in [-0.2, -0.15) is 23.0 Å². The summed E-state index contributed by atoms with van der Waals surface area (Å²) in [5.41, 5.74) is -1.23. The van der Waals surface area contributed by atoms with Gasteiger partial charge in [0.25, 0.3) is 0 Å². The Morgan fingerprint density at radius 1 is 1.09 bits per heavy atom. The van der Waals surface area contributed by atoms with Crippen molar-refractivity contribution in [2.45, 2.75) is 32.0 Å². The van der Waals surface area contributed by atoms with Crippen LogP contribution in [0.15, 0.2) is 37.2 Å². The Kier molecular flexibility index (Phi) is 5.71. The van der Waals surface area contributed by atoms with E-state index in [0.29, 0.717) is 17.5 Å². The zero-order valence-electron chi connectivity index (χ0n) is 18.1. The highest BCUT2D eigenvalue weighted by Crippen LogP contribution is 2.38. The Labute approximate surface area is 201 Å². The number of alkyl halides is 3. The second kappa shape index (κ2) is 8.73. The van der Waals surface area contributed by atoms with E-state index in [2.05, 4.69) is 40.7 Å². The summed E-state index contributed by atoms with van der Waals surface area (Å²) in [6, 6.07) is 3.18. The number of fused-ring (bicyclic) bond motifs is 1. The van der Waals surface area contributed by atoms with Crippen molar-refractivity contribution in [3.63, 3.8) is 0 Å². The fourth-order valence-electron chi connectivity index (χ4n) is 3.56. The Morgan fingerprint density at radius 2 is 1.86 bits per heavy atom. The number of anilines is 2. The van der Waals surface area contributed by atoms with Crippen LogP contribution in [0.25, 0.3) is 16.7 Å². The Morgan fingerprint density at radius 3 is 2.60 bits per heavy atom. The predicted octanol–water partition coefficient (Wildman–Crippen LogP) is 4.19. The third kappa shape index (κ3) is 4.71. The zero-order valence-corrected chi connectivity index (χ0v) is 18.8. The fourth-order valence-corrected chi connectivity index (χ4v) is 3.78. The number of nitrogens with zero attached hydrogens (tertiary/aromatic N) is 7. The molecule has 180 valence electrons. The largest absolute Gasteiger partial charge is 0.418 e. The molecule has 5 rings (SSSR count). The Balaban J connectivity index is 1.45. The number of amides is 1. The van der Waals surface area contributed by atoms with Crippen LogP contribution in [0.2, 0.25) is 5.02 Å². The van der Waals surface area contributed by atoms with Crippen LogP contribution in [0.3, 0.4) is 0 Å². The molecule has 2 N–H and O–H groups in total. The van der Waals surface area contributed by atoms with Crippen LogP contribution in [0, 0.1) is 5.92 Å². The van der Waals surface area contributed by atoms with Crippen molar-refractivity contribution >= 4 is 40.0 Å². The number of carbonyl (C=O) groups is 1. The van der Waals surface area contributed by atoms with Gasteiger partial charge in [0.15, 0.2) is 11.6 Å². The summed E-state index contributed by atoms with van der Waals surface area (Å²) in [6.45, 7) is 1.74. The molecular weight excluding hydrogens is 487 g/mol. The monoisotopic (exact) mass is 503 g/mol. The molecule has 0 aliphatic heterocycles. The Bertz CT molecular complexity index is 1420. The maximum atomic E-state index is 13.5.